The third-order valence-electron chi connectivity index (χ3n) is 2.30. The van der Waals surface area contributed by atoms with E-state index in [9.17, 15) is 4.79 Å². The van der Waals surface area contributed by atoms with Gasteiger partial charge in [-0.15, -0.1) is 11.3 Å². The summed E-state index contributed by atoms with van der Waals surface area (Å²) in [5.41, 5.74) is 6.35. The van der Waals surface area contributed by atoms with Crippen LogP contribution in [0.4, 0.5) is 5.82 Å². The average molecular weight is 271 g/mol. The largest absolute Gasteiger partial charge is 0.320 e. The molecule has 2 heterocycles. The summed E-state index contributed by atoms with van der Waals surface area (Å²) in [6, 6.07) is 7.23. The average Bonchev–Trinajstić information content (AvgIpc) is 2.88. The third-order valence-corrected chi connectivity index (χ3v) is 3.30. The van der Waals surface area contributed by atoms with Crippen LogP contribution >= 0.6 is 11.3 Å². The molecule has 0 radical (unpaired) electrons. The van der Waals surface area contributed by atoms with Crippen molar-refractivity contribution in [3.63, 3.8) is 0 Å². The Morgan fingerprint density at radius 2 is 2.26 bits per heavy atom. The Bertz CT molecular complexity index is 635. The second-order valence-corrected chi connectivity index (χ2v) is 4.93. The molecule has 96 valence electrons. The predicted octanol–water partition coefficient (Wildman–Crippen LogP) is 2.01. The van der Waals surface area contributed by atoms with Crippen molar-refractivity contribution < 1.29 is 4.79 Å². The fourth-order valence-electron chi connectivity index (χ4n) is 1.38. The van der Waals surface area contributed by atoms with Gasteiger partial charge in [-0.05, 0) is 30.7 Å². The lowest BCUT2D eigenvalue weighted by Gasteiger charge is -2.02. The number of carbonyl (C=O) groups excluding carboxylic acids is 1. The molecule has 4 nitrogen and oxygen atoms in total. The number of hydrogen-bond donors (Lipinski definition) is 2. The van der Waals surface area contributed by atoms with Crippen molar-refractivity contribution in [3.8, 4) is 11.8 Å². The van der Waals surface area contributed by atoms with Crippen LogP contribution in [0, 0.1) is 18.8 Å². The number of amides is 1. The number of rotatable bonds is 2. The summed E-state index contributed by atoms with van der Waals surface area (Å²) >= 11 is 1.33. The van der Waals surface area contributed by atoms with Crippen LogP contribution in [0.5, 0.6) is 0 Å². The third kappa shape index (κ3) is 3.65. The maximum absolute atomic E-state index is 12.0. The van der Waals surface area contributed by atoms with E-state index in [4.69, 9.17) is 5.73 Å². The van der Waals surface area contributed by atoms with Crippen LogP contribution in [-0.2, 0) is 0 Å². The second-order valence-electron chi connectivity index (χ2n) is 3.84. The van der Waals surface area contributed by atoms with Gasteiger partial charge in [-0.25, -0.2) is 4.98 Å². The quantitative estimate of drug-likeness (QED) is 0.821. The van der Waals surface area contributed by atoms with Gasteiger partial charge in [-0.1, -0.05) is 17.9 Å². The van der Waals surface area contributed by atoms with Gasteiger partial charge in [0.1, 0.15) is 5.82 Å². The summed E-state index contributed by atoms with van der Waals surface area (Å²) in [5.74, 6) is 6.02. The van der Waals surface area contributed by atoms with E-state index < -0.39 is 0 Å². The number of nitrogens with zero attached hydrogens (tertiary/aromatic N) is 1. The predicted molar refractivity (Wildman–Crippen MR) is 77.2 cm³/mol. The van der Waals surface area contributed by atoms with Crippen LogP contribution < -0.4 is 11.1 Å². The van der Waals surface area contributed by atoms with Gasteiger partial charge in [0.2, 0.25) is 0 Å². The number of nitrogens with one attached hydrogen (secondary N) is 1. The molecule has 0 aliphatic rings. The van der Waals surface area contributed by atoms with E-state index >= 15 is 0 Å². The van der Waals surface area contributed by atoms with Crippen molar-refractivity contribution >= 4 is 23.1 Å². The highest BCUT2D eigenvalue weighted by atomic mass is 32.1. The van der Waals surface area contributed by atoms with Crippen LogP contribution in [0.15, 0.2) is 30.5 Å². The van der Waals surface area contributed by atoms with E-state index in [0.29, 0.717) is 17.2 Å². The Morgan fingerprint density at radius 3 is 2.95 bits per heavy atom. The van der Waals surface area contributed by atoms with Crippen molar-refractivity contribution in [2.75, 3.05) is 11.9 Å². The molecule has 19 heavy (non-hydrogen) atoms. The summed E-state index contributed by atoms with van der Waals surface area (Å²) in [6.45, 7) is 2.26. The Balaban J connectivity index is 2.07. The molecule has 0 unspecified atom stereocenters. The molecule has 3 N–H and O–H groups in total. The van der Waals surface area contributed by atoms with Gasteiger partial charge in [-0.3, -0.25) is 4.79 Å². The number of aromatic nitrogens is 1. The number of carbonyl (C=O) groups is 1. The minimum atomic E-state index is -0.179. The van der Waals surface area contributed by atoms with Crippen molar-refractivity contribution in [2.24, 2.45) is 5.73 Å². The number of aryl methyl sites for hydroxylation is 1. The molecular formula is C14H13N3OS. The molecule has 0 aromatic carbocycles. The molecule has 2 aromatic heterocycles. The van der Waals surface area contributed by atoms with Crippen LogP contribution in [0.2, 0.25) is 0 Å². The molecule has 0 bridgehead atoms. The van der Waals surface area contributed by atoms with E-state index in [1.54, 1.807) is 18.3 Å². The van der Waals surface area contributed by atoms with E-state index in [1.165, 1.54) is 11.3 Å². The summed E-state index contributed by atoms with van der Waals surface area (Å²) in [4.78, 5) is 17.5. The highest BCUT2D eigenvalue weighted by Crippen LogP contribution is 2.17. The van der Waals surface area contributed by atoms with Crippen molar-refractivity contribution in [1.82, 2.24) is 4.98 Å². The molecule has 0 saturated carbocycles. The van der Waals surface area contributed by atoms with Gasteiger partial charge in [-0.2, -0.15) is 0 Å². The molecule has 0 atom stereocenters. The Labute approximate surface area is 115 Å². The van der Waals surface area contributed by atoms with Crippen molar-refractivity contribution in [1.29, 1.82) is 0 Å². The summed E-state index contributed by atoms with van der Waals surface area (Å²) in [6.07, 6.45) is 1.71. The summed E-state index contributed by atoms with van der Waals surface area (Å²) in [7, 11) is 0. The molecule has 0 aliphatic carbocycles. The first-order valence-corrected chi connectivity index (χ1v) is 6.53. The Hall–Kier alpha value is -2.16. The van der Waals surface area contributed by atoms with Gasteiger partial charge in [0.05, 0.1) is 16.3 Å². The molecule has 1 amide bonds. The molecule has 0 spiro atoms. The fraction of sp³-hybridized carbons (Fsp3) is 0.143. The summed E-state index contributed by atoms with van der Waals surface area (Å²) in [5, 5.41) is 2.74. The topological polar surface area (TPSA) is 68.0 Å². The first kappa shape index (κ1) is 13.3. The zero-order valence-corrected chi connectivity index (χ0v) is 11.3. The Kier molecular flexibility index (Phi) is 4.29. The maximum Gasteiger partial charge on any atom is 0.266 e. The summed E-state index contributed by atoms with van der Waals surface area (Å²) < 4.78 is 0. The zero-order chi connectivity index (χ0) is 13.7. The lowest BCUT2D eigenvalue weighted by atomic mass is 10.3. The lowest BCUT2D eigenvalue weighted by Crippen LogP contribution is -2.11. The molecule has 0 aliphatic heterocycles. The molecule has 5 heteroatoms. The standard InChI is InChI=1S/C14H13N3OS/c1-10-4-7-13(16-9-10)17-14(18)12-6-5-11(19-12)3-2-8-15/h4-7,9H,8,15H2,1H3,(H,16,17,18). The SMILES string of the molecule is Cc1ccc(NC(=O)c2ccc(C#CCN)s2)nc1. The van der Waals surface area contributed by atoms with Gasteiger partial charge in [0.25, 0.3) is 5.91 Å². The molecule has 2 rings (SSSR count). The van der Waals surface area contributed by atoms with E-state index in [1.807, 2.05) is 19.1 Å². The minimum Gasteiger partial charge on any atom is -0.320 e. The van der Waals surface area contributed by atoms with E-state index in [0.717, 1.165) is 10.4 Å². The second kappa shape index (κ2) is 6.14. The molecular weight excluding hydrogens is 258 g/mol. The van der Waals surface area contributed by atoms with E-state index in [2.05, 4.69) is 22.1 Å². The zero-order valence-electron chi connectivity index (χ0n) is 10.4. The van der Waals surface area contributed by atoms with E-state index in [-0.39, 0.29) is 5.91 Å². The number of nitrogens with two attached hydrogens (primary N) is 1. The van der Waals surface area contributed by atoms with Gasteiger partial charge < -0.3 is 11.1 Å². The van der Waals surface area contributed by atoms with Crippen LogP contribution in [0.1, 0.15) is 20.1 Å². The monoisotopic (exact) mass is 271 g/mol. The van der Waals surface area contributed by atoms with Crippen LogP contribution in [-0.4, -0.2) is 17.4 Å². The normalized spacial score (nSPS) is 9.58. The van der Waals surface area contributed by atoms with Crippen molar-refractivity contribution in [3.05, 3.63) is 45.8 Å². The molecule has 0 fully saturated rings. The number of pyridine rings is 1. The van der Waals surface area contributed by atoms with Gasteiger partial charge in [0.15, 0.2) is 0 Å². The maximum atomic E-state index is 12.0. The number of anilines is 1. The van der Waals surface area contributed by atoms with Crippen LogP contribution in [0.25, 0.3) is 0 Å². The fourth-order valence-corrected chi connectivity index (χ4v) is 2.16. The first-order chi connectivity index (χ1) is 9.19. The minimum absolute atomic E-state index is 0.179. The number of hydrogen-bond acceptors (Lipinski definition) is 4. The highest BCUT2D eigenvalue weighted by molar-refractivity contribution is 7.14. The van der Waals surface area contributed by atoms with Crippen LogP contribution in [0.3, 0.4) is 0 Å². The first-order valence-electron chi connectivity index (χ1n) is 5.72. The number of thiophene rings is 1. The van der Waals surface area contributed by atoms with Gasteiger partial charge in [0, 0.05) is 6.20 Å². The smallest absolute Gasteiger partial charge is 0.266 e. The highest BCUT2D eigenvalue weighted by Gasteiger charge is 2.09. The van der Waals surface area contributed by atoms with Crippen molar-refractivity contribution in [2.45, 2.75) is 6.92 Å². The molecule has 2 aromatic rings. The van der Waals surface area contributed by atoms with Gasteiger partial charge >= 0.3 is 0 Å². The lowest BCUT2D eigenvalue weighted by molar-refractivity contribution is 0.103. The molecule has 0 saturated heterocycles. The Morgan fingerprint density at radius 1 is 1.42 bits per heavy atom.